The van der Waals surface area contributed by atoms with Gasteiger partial charge in [-0.3, -0.25) is 4.79 Å². The van der Waals surface area contributed by atoms with Gasteiger partial charge in [0.05, 0.1) is 17.8 Å². The third-order valence-corrected chi connectivity index (χ3v) is 4.83. The van der Waals surface area contributed by atoms with Crippen molar-refractivity contribution in [3.8, 4) is 0 Å². The smallest absolute Gasteiger partial charge is 0.292 e. The van der Waals surface area contributed by atoms with E-state index in [-0.39, 0.29) is 23.3 Å². The Hall–Kier alpha value is -2.48. The van der Waals surface area contributed by atoms with E-state index in [2.05, 4.69) is 20.4 Å². The van der Waals surface area contributed by atoms with Crippen molar-refractivity contribution in [3.63, 3.8) is 0 Å². The van der Waals surface area contributed by atoms with Crippen molar-refractivity contribution in [2.75, 3.05) is 25.0 Å². The van der Waals surface area contributed by atoms with Gasteiger partial charge in [0.2, 0.25) is 11.7 Å². The SMILES string of the molecule is Cc1cc(C(=O)N2CC[C@@]3(C[C@@H](Nc4ncccn4)CCO3)C2)on1. The summed E-state index contributed by atoms with van der Waals surface area (Å²) in [6, 6.07) is 3.70. The van der Waals surface area contributed by atoms with E-state index in [4.69, 9.17) is 9.26 Å². The molecule has 2 fully saturated rings. The molecule has 2 aliphatic heterocycles. The molecule has 4 rings (SSSR count). The number of hydrogen-bond acceptors (Lipinski definition) is 7. The molecule has 8 nitrogen and oxygen atoms in total. The highest BCUT2D eigenvalue weighted by molar-refractivity contribution is 5.91. The summed E-state index contributed by atoms with van der Waals surface area (Å²) in [5.74, 6) is 0.799. The van der Waals surface area contributed by atoms with Crippen LogP contribution in [0.4, 0.5) is 5.95 Å². The van der Waals surface area contributed by atoms with Gasteiger partial charge in [0.1, 0.15) is 0 Å². The summed E-state index contributed by atoms with van der Waals surface area (Å²) in [5, 5.41) is 7.17. The number of aromatic nitrogens is 3. The van der Waals surface area contributed by atoms with E-state index in [1.165, 1.54) is 0 Å². The summed E-state index contributed by atoms with van der Waals surface area (Å²) in [6.45, 7) is 3.69. The number of carbonyl (C=O) groups excluding carboxylic acids is 1. The Bertz CT molecular complexity index is 750. The Kier molecular flexibility index (Phi) is 4.12. The molecule has 0 aliphatic carbocycles. The van der Waals surface area contributed by atoms with Crippen molar-refractivity contribution in [1.82, 2.24) is 20.0 Å². The molecule has 0 radical (unpaired) electrons. The molecule has 4 heterocycles. The highest BCUT2D eigenvalue weighted by atomic mass is 16.5. The van der Waals surface area contributed by atoms with Crippen molar-refractivity contribution < 1.29 is 14.1 Å². The molecule has 8 heteroatoms. The lowest BCUT2D eigenvalue weighted by atomic mass is 9.89. The highest BCUT2D eigenvalue weighted by Gasteiger charge is 2.45. The van der Waals surface area contributed by atoms with Crippen LogP contribution in [0, 0.1) is 6.92 Å². The van der Waals surface area contributed by atoms with Crippen molar-refractivity contribution >= 4 is 11.9 Å². The van der Waals surface area contributed by atoms with E-state index < -0.39 is 0 Å². The zero-order valence-electron chi connectivity index (χ0n) is 14.1. The van der Waals surface area contributed by atoms with Crippen LogP contribution in [-0.2, 0) is 4.74 Å². The van der Waals surface area contributed by atoms with Crippen LogP contribution in [0.3, 0.4) is 0 Å². The van der Waals surface area contributed by atoms with Gasteiger partial charge in [0.25, 0.3) is 5.91 Å². The van der Waals surface area contributed by atoms with Crippen molar-refractivity contribution in [1.29, 1.82) is 0 Å². The topological polar surface area (TPSA) is 93.4 Å². The second kappa shape index (κ2) is 6.44. The van der Waals surface area contributed by atoms with Gasteiger partial charge in [-0.25, -0.2) is 9.97 Å². The van der Waals surface area contributed by atoms with Gasteiger partial charge in [-0.05, 0) is 32.3 Å². The molecule has 1 amide bonds. The van der Waals surface area contributed by atoms with Gasteiger partial charge in [0, 0.05) is 37.7 Å². The Morgan fingerprint density at radius 2 is 2.24 bits per heavy atom. The van der Waals surface area contributed by atoms with Gasteiger partial charge in [0.15, 0.2) is 0 Å². The Morgan fingerprint density at radius 3 is 3.00 bits per heavy atom. The van der Waals surface area contributed by atoms with E-state index in [9.17, 15) is 4.79 Å². The molecule has 2 aliphatic rings. The molecule has 2 atom stereocenters. The monoisotopic (exact) mass is 343 g/mol. The number of amides is 1. The minimum Gasteiger partial charge on any atom is -0.373 e. The number of carbonyl (C=O) groups is 1. The molecule has 132 valence electrons. The lowest BCUT2D eigenvalue weighted by molar-refractivity contribution is -0.0722. The largest absolute Gasteiger partial charge is 0.373 e. The van der Waals surface area contributed by atoms with Crippen molar-refractivity contribution in [2.24, 2.45) is 0 Å². The lowest BCUT2D eigenvalue weighted by Crippen LogP contribution is -2.47. The molecule has 25 heavy (non-hydrogen) atoms. The average Bonchev–Trinajstić information content (AvgIpc) is 3.22. The number of likely N-dealkylation sites (tertiary alicyclic amines) is 1. The number of nitrogens with one attached hydrogen (secondary N) is 1. The second-order valence-corrected chi connectivity index (χ2v) is 6.75. The zero-order valence-corrected chi connectivity index (χ0v) is 14.1. The molecule has 0 unspecified atom stereocenters. The number of anilines is 1. The lowest BCUT2D eigenvalue weighted by Gasteiger charge is -2.38. The second-order valence-electron chi connectivity index (χ2n) is 6.75. The van der Waals surface area contributed by atoms with E-state index >= 15 is 0 Å². The third-order valence-electron chi connectivity index (χ3n) is 4.83. The predicted molar refractivity (Wildman–Crippen MR) is 89.1 cm³/mol. The average molecular weight is 343 g/mol. The molecular weight excluding hydrogens is 322 g/mol. The fraction of sp³-hybridized carbons (Fsp3) is 0.529. The van der Waals surface area contributed by atoms with Gasteiger partial charge < -0.3 is 19.5 Å². The first-order valence-electron chi connectivity index (χ1n) is 8.54. The molecule has 1 N–H and O–H groups in total. The maximum Gasteiger partial charge on any atom is 0.292 e. The van der Waals surface area contributed by atoms with Gasteiger partial charge >= 0.3 is 0 Å². The van der Waals surface area contributed by atoms with E-state index in [0.717, 1.165) is 19.3 Å². The highest BCUT2D eigenvalue weighted by Crippen LogP contribution is 2.35. The molecule has 1 spiro atoms. The molecule has 2 aromatic rings. The molecule has 0 bridgehead atoms. The number of ether oxygens (including phenoxy) is 1. The predicted octanol–water partition coefficient (Wildman–Crippen LogP) is 1.65. The Balaban J connectivity index is 1.41. The summed E-state index contributed by atoms with van der Waals surface area (Å²) < 4.78 is 11.2. The number of aryl methyl sites for hydroxylation is 1. The van der Waals surface area contributed by atoms with Crippen LogP contribution in [0.2, 0.25) is 0 Å². The van der Waals surface area contributed by atoms with Crippen LogP contribution < -0.4 is 5.32 Å². The number of hydrogen-bond donors (Lipinski definition) is 1. The molecular formula is C17H21N5O3. The molecule has 2 aromatic heterocycles. The van der Waals surface area contributed by atoms with Crippen molar-refractivity contribution in [3.05, 3.63) is 36.0 Å². The maximum atomic E-state index is 12.6. The van der Waals surface area contributed by atoms with Gasteiger partial charge in [-0.15, -0.1) is 0 Å². The summed E-state index contributed by atoms with van der Waals surface area (Å²) in [6.07, 6.45) is 5.99. The van der Waals surface area contributed by atoms with E-state index in [1.807, 2.05) is 0 Å². The number of rotatable bonds is 3. The maximum absolute atomic E-state index is 12.6. The fourth-order valence-electron chi connectivity index (χ4n) is 3.63. The summed E-state index contributed by atoms with van der Waals surface area (Å²) in [7, 11) is 0. The summed E-state index contributed by atoms with van der Waals surface area (Å²) >= 11 is 0. The Labute approximate surface area is 145 Å². The minimum absolute atomic E-state index is 0.123. The first-order valence-corrected chi connectivity index (χ1v) is 8.54. The van der Waals surface area contributed by atoms with Crippen LogP contribution in [0.1, 0.15) is 35.5 Å². The number of nitrogens with zero attached hydrogens (tertiary/aromatic N) is 4. The standard InChI is InChI=1S/C17H21N5O3/c1-12-9-14(25-21-12)15(23)22-7-4-17(11-22)10-13(3-8-24-17)20-16-18-5-2-6-19-16/h2,5-6,9,13H,3-4,7-8,10-11H2,1H3,(H,18,19,20)/t13-,17+/m0/s1. The van der Waals surface area contributed by atoms with E-state index in [1.54, 1.807) is 36.4 Å². The van der Waals surface area contributed by atoms with Gasteiger partial charge in [-0.1, -0.05) is 5.16 Å². The van der Waals surface area contributed by atoms with Gasteiger partial charge in [-0.2, -0.15) is 0 Å². The minimum atomic E-state index is -0.310. The first-order chi connectivity index (χ1) is 12.1. The van der Waals surface area contributed by atoms with Crippen LogP contribution in [-0.4, -0.2) is 57.3 Å². The van der Waals surface area contributed by atoms with E-state index in [0.29, 0.717) is 31.3 Å². The van der Waals surface area contributed by atoms with Crippen LogP contribution in [0.5, 0.6) is 0 Å². The molecule has 0 saturated carbocycles. The Morgan fingerprint density at radius 1 is 1.40 bits per heavy atom. The van der Waals surface area contributed by atoms with Crippen LogP contribution >= 0.6 is 0 Å². The third kappa shape index (κ3) is 3.34. The zero-order chi connectivity index (χ0) is 17.3. The summed E-state index contributed by atoms with van der Waals surface area (Å²) in [5.41, 5.74) is 0.397. The molecule has 0 aromatic carbocycles. The quantitative estimate of drug-likeness (QED) is 0.905. The normalized spacial score (nSPS) is 26.1. The fourth-order valence-corrected chi connectivity index (χ4v) is 3.63. The first kappa shape index (κ1) is 16.0. The van der Waals surface area contributed by atoms with Crippen LogP contribution in [0.15, 0.2) is 29.0 Å². The van der Waals surface area contributed by atoms with Crippen LogP contribution in [0.25, 0.3) is 0 Å². The molecule has 2 saturated heterocycles. The van der Waals surface area contributed by atoms with Crippen molar-refractivity contribution in [2.45, 2.75) is 37.8 Å². The summed E-state index contributed by atoms with van der Waals surface area (Å²) in [4.78, 5) is 22.8.